The third-order valence-electron chi connectivity index (χ3n) is 5.48. The van der Waals surface area contributed by atoms with Crippen molar-refractivity contribution < 1.29 is 14.3 Å². The van der Waals surface area contributed by atoms with Crippen molar-refractivity contribution in [2.24, 2.45) is 0 Å². The second-order valence-corrected chi connectivity index (χ2v) is 7.63. The first-order valence-electron chi connectivity index (χ1n) is 10.5. The number of nitrogens with one attached hydrogen (secondary N) is 1. The van der Waals surface area contributed by atoms with Gasteiger partial charge in [-0.1, -0.05) is 42.5 Å². The molecule has 170 valence electrons. The highest BCUT2D eigenvalue weighted by molar-refractivity contribution is 5.96. The van der Waals surface area contributed by atoms with Crippen LogP contribution >= 0.6 is 0 Å². The maximum atomic E-state index is 13.0. The van der Waals surface area contributed by atoms with E-state index in [-0.39, 0.29) is 6.54 Å². The zero-order chi connectivity index (χ0) is 23.7. The van der Waals surface area contributed by atoms with E-state index >= 15 is 0 Å². The molecule has 0 spiro atoms. The van der Waals surface area contributed by atoms with Gasteiger partial charge in [-0.25, -0.2) is 9.20 Å². The van der Waals surface area contributed by atoms with Gasteiger partial charge in [0, 0.05) is 29.4 Å². The molecule has 0 aliphatic rings. The highest BCUT2D eigenvalue weighted by Gasteiger charge is 2.14. The lowest BCUT2D eigenvalue weighted by Crippen LogP contribution is -2.30. The van der Waals surface area contributed by atoms with E-state index in [4.69, 9.17) is 9.47 Å². The number of hydrogen-bond donors (Lipinski definition) is 1. The fourth-order valence-electron chi connectivity index (χ4n) is 3.85. The van der Waals surface area contributed by atoms with Crippen molar-refractivity contribution in [2.45, 2.75) is 6.54 Å². The van der Waals surface area contributed by atoms with Crippen LogP contribution in [-0.2, 0) is 11.3 Å². The quantitative estimate of drug-likeness (QED) is 0.421. The lowest BCUT2D eigenvalue weighted by molar-refractivity contribution is -0.117. The number of anilines is 1. The molecule has 0 atom stereocenters. The fraction of sp³-hybridized carbons (Fsp3) is 0.120. The van der Waals surface area contributed by atoms with E-state index in [9.17, 15) is 9.59 Å². The Hall–Kier alpha value is -4.66. The molecular weight excluding hydrogens is 434 g/mol. The van der Waals surface area contributed by atoms with Crippen LogP contribution in [0.4, 0.5) is 5.69 Å². The minimum Gasteiger partial charge on any atom is -0.497 e. The predicted octanol–water partition coefficient (Wildman–Crippen LogP) is 3.37. The van der Waals surface area contributed by atoms with Crippen LogP contribution in [0.3, 0.4) is 0 Å². The number of fused-ring (bicyclic) bond motifs is 2. The van der Waals surface area contributed by atoms with Gasteiger partial charge in [0.2, 0.25) is 5.91 Å². The SMILES string of the molecule is COc1cc(NC(=O)Cn2ncn3nc(-c4cccc5ccccc45)cc3c2=O)cc(OC)c1. The van der Waals surface area contributed by atoms with Crippen LogP contribution in [0, 0.1) is 0 Å². The summed E-state index contributed by atoms with van der Waals surface area (Å²) in [6, 6.07) is 20.7. The summed E-state index contributed by atoms with van der Waals surface area (Å²) in [7, 11) is 3.05. The van der Waals surface area contributed by atoms with Crippen LogP contribution in [0.25, 0.3) is 27.5 Å². The van der Waals surface area contributed by atoms with Crippen molar-refractivity contribution in [1.82, 2.24) is 19.4 Å². The molecule has 1 amide bonds. The lowest BCUT2D eigenvalue weighted by Gasteiger charge is -2.10. The molecule has 0 aliphatic carbocycles. The van der Waals surface area contributed by atoms with Gasteiger partial charge in [0.1, 0.15) is 29.9 Å². The molecule has 1 N–H and O–H groups in total. The summed E-state index contributed by atoms with van der Waals surface area (Å²) >= 11 is 0. The van der Waals surface area contributed by atoms with E-state index in [2.05, 4.69) is 15.5 Å². The second kappa shape index (κ2) is 8.70. The summed E-state index contributed by atoms with van der Waals surface area (Å²) in [5.74, 6) is 0.654. The number of nitrogens with zero attached hydrogens (tertiary/aromatic N) is 4. The van der Waals surface area contributed by atoms with Gasteiger partial charge in [-0.2, -0.15) is 10.2 Å². The Kier molecular flexibility index (Phi) is 5.43. The highest BCUT2D eigenvalue weighted by Crippen LogP contribution is 2.28. The molecule has 0 fully saturated rings. The number of rotatable bonds is 6. The van der Waals surface area contributed by atoms with Crippen molar-refractivity contribution in [1.29, 1.82) is 0 Å². The van der Waals surface area contributed by atoms with Crippen molar-refractivity contribution in [3.05, 3.63) is 83.4 Å². The zero-order valence-corrected chi connectivity index (χ0v) is 18.6. The Morgan fingerprint density at radius 3 is 2.47 bits per heavy atom. The van der Waals surface area contributed by atoms with Crippen molar-refractivity contribution in [3.8, 4) is 22.8 Å². The van der Waals surface area contributed by atoms with E-state index in [1.165, 1.54) is 25.1 Å². The topological polar surface area (TPSA) is 99.8 Å². The first-order chi connectivity index (χ1) is 16.6. The molecule has 0 bridgehead atoms. The summed E-state index contributed by atoms with van der Waals surface area (Å²) in [5, 5.41) is 13.5. The maximum absolute atomic E-state index is 13.0. The van der Waals surface area contributed by atoms with E-state index < -0.39 is 11.5 Å². The number of methoxy groups -OCH3 is 2. The van der Waals surface area contributed by atoms with E-state index in [1.54, 1.807) is 24.3 Å². The first kappa shape index (κ1) is 21.2. The number of hydrogen-bond acceptors (Lipinski definition) is 6. The van der Waals surface area contributed by atoms with Crippen molar-refractivity contribution in [2.75, 3.05) is 19.5 Å². The average Bonchev–Trinajstić information content (AvgIpc) is 3.30. The predicted molar refractivity (Wildman–Crippen MR) is 128 cm³/mol. The van der Waals surface area contributed by atoms with Gasteiger partial charge >= 0.3 is 0 Å². The molecule has 0 saturated heterocycles. The molecule has 9 heteroatoms. The molecule has 0 radical (unpaired) electrons. The van der Waals surface area contributed by atoms with Gasteiger partial charge in [-0.3, -0.25) is 9.59 Å². The highest BCUT2D eigenvalue weighted by atomic mass is 16.5. The lowest BCUT2D eigenvalue weighted by atomic mass is 10.0. The first-order valence-corrected chi connectivity index (χ1v) is 10.5. The van der Waals surface area contributed by atoms with Crippen LogP contribution in [-0.4, -0.2) is 39.5 Å². The Morgan fingerprint density at radius 1 is 0.971 bits per heavy atom. The molecule has 0 aliphatic heterocycles. The van der Waals surface area contributed by atoms with Crippen LogP contribution < -0.4 is 20.3 Å². The van der Waals surface area contributed by atoms with E-state index in [0.29, 0.717) is 28.4 Å². The number of aromatic nitrogens is 4. The summed E-state index contributed by atoms with van der Waals surface area (Å²) in [6.07, 6.45) is 1.42. The van der Waals surface area contributed by atoms with E-state index in [1.807, 2.05) is 42.5 Å². The molecule has 34 heavy (non-hydrogen) atoms. The Labute approximate surface area is 194 Å². The zero-order valence-electron chi connectivity index (χ0n) is 18.6. The largest absolute Gasteiger partial charge is 0.497 e. The van der Waals surface area contributed by atoms with Gasteiger partial charge in [-0.05, 0) is 16.8 Å². The Morgan fingerprint density at radius 2 is 1.71 bits per heavy atom. The Balaban J connectivity index is 1.44. The average molecular weight is 455 g/mol. The monoisotopic (exact) mass is 455 g/mol. The Bertz CT molecular complexity index is 1560. The molecule has 0 unspecified atom stereocenters. The van der Waals surface area contributed by atoms with Gasteiger partial charge in [0.25, 0.3) is 5.56 Å². The van der Waals surface area contributed by atoms with Crippen LogP contribution in [0.5, 0.6) is 11.5 Å². The molecule has 5 rings (SSSR count). The molecule has 0 saturated carbocycles. The molecule has 5 aromatic rings. The maximum Gasteiger partial charge on any atom is 0.293 e. The van der Waals surface area contributed by atoms with Crippen LogP contribution in [0.2, 0.25) is 0 Å². The third kappa shape index (κ3) is 3.95. The van der Waals surface area contributed by atoms with Gasteiger partial charge in [0.15, 0.2) is 0 Å². The number of amides is 1. The van der Waals surface area contributed by atoms with Crippen molar-refractivity contribution >= 4 is 27.9 Å². The summed E-state index contributed by atoms with van der Waals surface area (Å²) in [5.41, 5.74) is 1.96. The minimum absolute atomic E-state index is 0.260. The summed E-state index contributed by atoms with van der Waals surface area (Å²) in [6.45, 7) is -0.260. The number of ether oxygens (including phenoxy) is 2. The molecule has 2 aromatic heterocycles. The second-order valence-electron chi connectivity index (χ2n) is 7.63. The molecule has 9 nitrogen and oxygen atoms in total. The third-order valence-corrected chi connectivity index (χ3v) is 5.48. The van der Waals surface area contributed by atoms with Crippen LogP contribution in [0.15, 0.2) is 77.9 Å². The molecule has 2 heterocycles. The van der Waals surface area contributed by atoms with Gasteiger partial charge in [-0.15, -0.1) is 0 Å². The smallest absolute Gasteiger partial charge is 0.293 e. The minimum atomic E-state index is -0.417. The van der Waals surface area contributed by atoms with Crippen LogP contribution in [0.1, 0.15) is 0 Å². The van der Waals surface area contributed by atoms with Crippen molar-refractivity contribution in [3.63, 3.8) is 0 Å². The standard InChI is InChI=1S/C25H21N5O4/c1-33-18-10-17(11-19(12-18)34-2)27-24(31)14-29-25(32)23-13-22(28-30(23)15-26-29)21-9-5-7-16-6-3-4-8-20(16)21/h3-13,15H,14H2,1-2H3,(H,27,31). The molecular formula is C25H21N5O4. The van der Waals surface area contributed by atoms with E-state index in [0.717, 1.165) is 21.0 Å². The van der Waals surface area contributed by atoms with Gasteiger partial charge < -0.3 is 14.8 Å². The summed E-state index contributed by atoms with van der Waals surface area (Å²) in [4.78, 5) is 25.7. The van der Waals surface area contributed by atoms with Gasteiger partial charge in [0.05, 0.1) is 19.9 Å². The summed E-state index contributed by atoms with van der Waals surface area (Å²) < 4.78 is 13.0. The fourth-order valence-corrected chi connectivity index (χ4v) is 3.85. The normalized spacial score (nSPS) is 11.0. The number of carbonyl (C=O) groups is 1. The molecule has 3 aromatic carbocycles. The number of carbonyl (C=O) groups excluding carboxylic acids is 1. The number of benzene rings is 3.